The fraction of sp³-hybridized carbons (Fsp3) is 0.300. The number of benzene rings is 1. The van der Waals surface area contributed by atoms with E-state index in [1.54, 1.807) is 19.1 Å². The summed E-state index contributed by atoms with van der Waals surface area (Å²) >= 11 is 5.86. The lowest BCUT2D eigenvalue weighted by molar-refractivity contribution is 0.284. The van der Waals surface area contributed by atoms with Crippen molar-refractivity contribution in [2.45, 2.75) is 20.0 Å². The molecule has 0 bridgehead atoms. The van der Waals surface area contributed by atoms with Crippen LogP contribution in [0.2, 0.25) is 5.02 Å². The summed E-state index contributed by atoms with van der Waals surface area (Å²) < 4.78 is 5.40. The number of rotatable bonds is 3. The molecule has 0 spiro atoms. The third-order valence-electron chi connectivity index (χ3n) is 1.88. The standard InChI is InChI=1S/C10H13ClN2O/c1-6-5-8(3-4-9(6)11)14-7(2)10(12)13/h3-5,7H,1-2H3,(H3,12,13). The Morgan fingerprint density at radius 3 is 2.71 bits per heavy atom. The predicted octanol–water partition coefficient (Wildman–Crippen LogP) is 2.35. The summed E-state index contributed by atoms with van der Waals surface area (Å²) in [6, 6.07) is 5.34. The SMILES string of the molecule is Cc1cc(OC(C)C(=N)N)ccc1Cl. The number of nitrogens with two attached hydrogens (primary N) is 1. The van der Waals surface area contributed by atoms with Crippen LogP contribution in [-0.4, -0.2) is 11.9 Å². The van der Waals surface area contributed by atoms with Gasteiger partial charge in [0, 0.05) is 5.02 Å². The fourth-order valence-corrected chi connectivity index (χ4v) is 1.08. The van der Waals surface area contributed by atoms with E-state index < -0.39 is 6.10 Å². The van der Waals surface area contributed by atoms with Crippen LogP contribution in [0.3, 0.4) is 0 Å². The van der Waals surface area contributed by atoms with Gasteiger partial charge in [-0.1, -0.05) is 11.6 Å². The maximum atomic E-state index is 7.17. The molecule has 3 nitrogen and oxygen atoms in total. The summed E-state index contributed by atoms with van der Waals surface area (Å²) in [5, 5.41) is 7.87. The Balaban J connectivity index is 2.78. The Morgan fingerprint density at radius 1 is 1.57 bits per heavy atom. The van der Waals surface area contributed by atoms with Crippen LogP contribution in [0.4, 0.5) is 0 Å². The van der Waals surface area contributed by atoms with Gasteiger partial charge in [0.15, 0.2) is 6.10 Å². The summed E-state index contributed by atoms with van der Waals surface area (Å²) in [7, 11) is 0. The van der Waals surface area contributed by atoms with Crippen LogP contribution < -0.4 is 10.5 Å². The normalized spacial score (nSPS) is 12.2. The summed E-state index contributed by atoms with van der Waals surface area (Å²) in [6.45, 7) is 3.62. The van der Waals surface area contributed by atoms with Crippen molar-refractivity contribution < 1.29 is 4.74 Å². The lowest BCUT2D eigenvalue weighted by Gasteiger charge is -2.13. The van der Waals surface area contributed by atoms with Crippen molar-refractivity contribution in [3.63, 3.8) is 0 Å². The second-order valence-electron chi connectivity index (χ2n) is 3.13. The summed E-state index contributed by atoms with van der Waals surface area (Å²) in [5.41, 5.74) is 6.23. The van der Waals surface area contributed by atoms with E-state index in [0.29, 0.717) is 10.8 Å². The van der Waals surface area contributed by atoms with Gasteiger partial charge < -0.3 is 10.5 Å². The molecule has 1 unspecified atom stereocenters. The van der Waals surface area contributed by atoms with Crippen LogP contribution in [0, 0.1) is 12.3 Å². The number of ether oxygens (including phenoxy) is 1. The van der Waals surface area contributed by atoms with Crippen LogP contribution in [-0.2, 0) is 0 Å². The van der Waals surface area contributed by atoms with Gasteiger partial charge in [-0.05, 0) is 37.6 Å². The minimum absolute atomic E-state index is 0.0117. The Labute approximate surface area is 88.3 Å². The number of aryl methyl sites for hydroxylation is 1. The second kappa shape index (κ2) is 4.33. The van der Waals surface area contributed by atoms with Crippen molar-refractivity contribution in [1.29, 1.82) is 5.41 Å². The molecule has 0 aliphatic rings. The molecule has 0 aliphatic heterocycles. The Bertz CT molecular complexity index is 352. The summed E-state index contributed by atoms with van der Waals surface area (Å²) in [5.74, 6) is 0.687. The molecule has 4 heteroatoms. The molecule has 0 amide bonds. The highest BCUT2D eigenvalue weighted by Gasteiger charge is 2.07. The molecule has 0 heterocycles. The van der Waals surface area contributed by atoms with Crippen molar-refractivity contribution in [3.05, 3.63) is 28.8 Å². The average molecular weight is 213 g/mol. The number of hydrogen-bond donors (Lipinski definition) is 2. The van der Waals surface area contributed by atoms with E-state index >= 15 is 0 Å². The first-order chi connectivity index (χ1) is 6.50. The summed E-state index contributed by atoms with van der Waals surface area (Å²) in [4.78, 5) is 0. The molecule has 0 fully saturated rings. The van der Waals surface area contributed by atoms with Crippen molar-refractivity contribution in [3.8, 4) is 5.75 Å². The first-order valence-corrected chi connectivity index (χ1v) is 4.65. The van der Waals surface area contributed by atoms with E-state index in [-0.39, 0.29) is 5.84 Å². The third kappa shape index (κ3) is 2.64. The maximum Gasteiger partial charge on any atom is 0.152 e. The minimum Gasteiger partial charge on any atom is -0.483 e. The molecule has 1 aromatic rings. The van der Waals surface area contributed by atoms with E-state index in [0.717, 1.165) is 5.56 Å². The van der Waals surface area contributed by atoms with Gasteiger partial charge in [-0.3, -0.25) is 5.41 Å². The number of amidine groups is 1. The van der Waals surface area contributed by atoms with Gasteiger partial charge in [0.1, 0.15) is 11.6 Å². The zero-order chi connectivity index (χ0) is 10.7. The minimum atomic E-state index is -0.407. The Hall–Kier alpha value is -1.22. The topological polar surface area (TPSA) is 59.1 Å². The van der Waals surface area contributed by atoms with E-state index in [2.05, 4.69) is 0 Å². The molecule has 76 valence electrons. The van der Waals surface area contributed by atoms with Crippen LogP contribution in [0.5, 0.6) is 5.75 Å². The molecule has 1 rings (SSSR count). The zero-order valence-electron chi connectivity index (χ0n) is 8.17. The van der Waals surface area contributed by atoms with E-state index in [4.69, 9.17) is 27.5 Å². The Morgan fingerprint density at radius 2 is 2.21 bits per heavy atom. The van der Waals surface area contributed by atoms with E-state index in [9.17, 15) is 0 Å². The highest BCUT2D eigenvalue weighted by Crippen LogP contribution is 2.21. The maximum absolute atomic E-state index is 7.17. The summed E-state index contributed by atoms with van der Waals surface area (Å²) in [6.07, 6.45) is -0.407. The van der Waals surface area contributed by atoms with E-state index in [1.807, 2.05) is 13.0 Å². The lowest BCUT2D eigenvalue weighted by atomic mass is 10.2. The van der Waals surface area contributed by atoms with Crippen LogP contribution >= 0.6 is 11.6 Å². The molecular formula is C10H13ClN2O. The molecule has 1 atom stereocenters. The molecule has 3 N–H and O–H groups in total. The predicted molar refractivity (Wildman–Crippen MR) is 58.2 cm³/mol. The van der Waals surface area contributed by atoms with Gasteiger partial charge in [0.2, 0.25) is 0 Å². The van der Waals surface area contributed by atoms with Gasteiger partial charge in [-0.15, -0.1) is 0 Å². The molecule has 0 saturated carbocycles. The van der Waals surface area contributed by atoms with Crippen LogP contribution in [0.1, 0.15) is 12.5 Å². The van der Waals surface area contributed by atoms with Gasteiger partial charge in [-0.2, -0.15) is 0 Å². The lowest BCUT2D eigenvalue weighted by Crippen LogP contribution is -2.29. The second-order valence-corrected chi connectivity index (χ2v) is 3.53. The first kappa shape index (κ1) is 10.9. The molecule has 1 aromatic carbocycles. The van der Waals surface area contributed by atoms with Gasteiger partial charge in [0.05, 0.1) is 0 Å². The smallest absolute Gasteiger partial charge is 0.152 e. The van der Waals surface area contributed by atoms with Gasteiger partial charge in [-0.25, -0.2) is 0 Å². The number of hydrogen-bond acceptors (Lipinski definition) is 2. The molecule has 0 saturated heterocycles. The monoisotopic (exact) mass is 212 g/mol. The van der Waals surface area contributed by atoms with Crippen molar-refractivity contribution >= 4 is 17.4 Å². The van der Waals surface area contributed by atoms with Crippen LogP contribution in [0.15, 0.2) is 18.2 Å². The Kier molecular flexibility index (Phi) is 3.36. The quantitative estimate of drug-likeness (QED) is 0.597. The molecule has 0 radical (unpaired) electrons. The zero-order valence-corrected chi connectivity index (χ0v) is 8.93. The third-order valence-corrected chi connectivity index (χ3v) is 2.30. The van der Waals surface area contributed by atoms with Gasteiger partial charge >= 0.3 is 0 Å². The molecule has 0 aliphatic carbocycles. The molecule has 14 heavy (non-hydrogen) atoms. The average Bonchev–Trinajstić information content (AvgIpc) is 2.11. The fourth-order valence-electron chi connectivity index (χ4n) is 0.958. The number of halogens is 1. The number of nitrogens with one attached hydrogen (secondary N) is 1. The van der Waals surface area contributed by atoms with Crippen molar-refractivity contribution in [2.24, 2.45) is 5.73 Å². The first-order valence-electron chi connectivity index (χ1n) is 4.27. The largest absolute Gasteiger partial charge is 0.483 e. The highest BCUT2D eigenvalue weighted by molar-refractivity contribution is 6.31. The molecular weight excluding hydrogens is 200 g/mol. The van der Waals surface area contributed by atoms with E-state index in [1.165, 1.54) is 0 Å². The van der Waals surface area contributed by atoms with Crippen molar-refractivity contribution in [2.75, 3.05) is 0 Å². The van der Waals surface area contributed by atoms with Crippen LogP contribution in [0.25, 0.3) is 0 Å². The van der Waals surface area contributed by atoms with Crippen molar-refractivity contribution in [1.82, 2.24) is 0 Å². The molecule has 0 aromatic heterocycles. The van der Waals surface area contributed by atoms with Gasteiger partial charge in [0.25, 0.3) is 0 Å². The highest BCUT2D eigenvalue weighted by atomic mass is 35.5.